The Hall–Kier alpha value is -3.13. The number of ether oxygens (including phenoxy) is 1. The summed E-state index contributed by atoms with van der Waals surface area (Å²) in [6, 6.07) is 8.59. The number of anilines is 2. The summed E-state index contributed by atoms with van der Waals surface area (Å²) < 4.78 is 10.5. The molecule has 0 radical (unpaired) electrons. The standard InChI is InChI=1S/C16H11N3O4S/c20-14-7-23-12-4-3-9(6-10(12)18-14)17-15(21)11-8-24-16(19-11)13-2-1-5-22-13/h1-6,8H,7H2,(H,17,21)(H,18,20). The van der Waals surface area contributed by atoms with Crippen LogP contribution >= 0.6 is 11.3 Å². The number of thiazole rings is 1. The predicted octanol–water partition coefficient (Wildman–Crippen LogP) is 2.99. The molecule has 24 heavy (non-hydrogen) atoms. The molecular weight excluding hydrogens is 330 g/mol. The topological polar surface area (TPSA) is 93.5 Å². The van der Waals surface area contributed by atoms with Crippen molar-refractivity contribution in [3.63, 3.8) is 0 Å². The molecule has 0 fully saturated rings. The van der Waals surface area contributed by atoms with Gasteiger partial charge in [0.05, 0.1) is 12.0 Å². The lowest BCUT2D eigenvalue weighted by Gasteiger charge is -2.18. The summed E-state index contributed by atoms with van der Waals surface area (Å²) in [4.78, 5) is 27.9. The van der Waals surface area contributed by atoms with Crippen LogP contribution in [0.3, 0.4) is 0 Å². The first-order valence-electron chi connectivity index (χ1n) is 7.06. The molecule has 3 aromatic rings. The van der Waals surface area contributed by atoms with Gasteiger partial charge in [0.2, 0.25) is 0 Å². The number of amides is 2. The van der Waals surface area contributed by atoms with Crippen LogP contribution in [0.15, 0.2) is 46.4 Å². The second kappa shape index (κ2) is 5.82. The van der Waals surface area contributed by atoms with Crippen molar-refractivity contribution in [1.29, 1.82) is 0 Å². The van der Waals surface area contributed by atoms with E-state index in [-0.39, 0.29) is 18.4 Å². The highest BCUT2D eigenvalue weighted by Gasteiger charge is 2.18. The molecule has 0 bridgehead atoms. The van der Waals surface area contributed by atoms with Crippen LogP contribution < -0.4 is 15.4 Å². The molecule has 1 aromatic carbocycles. The van der Waals surface area contributed by atoms with E-state index in [1.165, 1.54) is 11.3 Å². The van der Waals surface area contributed by atoms with E-state index < -0.39 is 0 Å². The molecule has 2 amide bonds. The van der Waals surface area contributed by atoms with E-state index in [0.29, 0.717) is 33.6 Å². The lowest BCUT2D eigenvalue weighted by molar-refractivity contribution is -0.118. The fourth-order valence-corrected chi connectivity index (χ4v) is 3.01. The number of benzene rings is 1. The highest BCUT2D eigenvalue weighted by Crippen LogP contribution is 2.31. The van der Waals surface area contributed by atoms with E-state index >= 15 is 0 Å². The first-order valence-corrected chi connectivity index (χ1v) is 7.94. The number of nitrogens with zero attached hydrogens (tertiary/aromatic N) is 1. The third-order valence-electron chi connectivity index (χ3n) is 3.34. The van der Waals surface area contributed by atoms with E-state index in [0.717, 1.165) is 0 Å². The van der Waals surface area contributed by atoms with Crippen LogP contribution in [-0.2, 0) is 4.79 Å². The Morgan fingerprint density at radius 1 is 1.33 bits per heavy atom. The summed E-state index contributed by atoms with van der Waals surface area (Å²) in [5.74, 6) is 0.620. The number of carbonyl (C=O) groups excluding carboxylic acids is 2. The Labute approximate surface area is 140 Å². The largest absolute Gasteiger partial charge is 0.482 e. The Morgan fingerprint density at radius 2 is 2.25 bits per heavy atom. The van der Waals surface area contributed by atoms with Crippen LogP contribution in [0, 0.1) is 0 Å². The smallest absolute Gasteiger partial charge is 0.275 e. The molecule has 7 nitrogen and oxygen atoms in total. The molecule has 0 aliphatic carbocycles. The van der Waals surface area contributed by atoms with Crippen molar-refractivity contribution in [2.75, 3.05) is 17.2 Å². The molecule has 120 valence electrons. The summed E-state index contributed by atoms with van der Waals surface area (Å²) in [6.45, 7) is -0.00686. The van der Waals surface area contributed by atoms with Gasteiger partial charge in [0.25, 0.3) is 11.8 Å². The lowest BCUT2D eigenvalue weighted by atomic mass is 10.2. The summed E-state index contributed by atoms with van der Waals surface area (Å²) in [5.41, 5.74) is 1.36. The van der Waals surface area contributed by atoms with Crippen LogP contribution in [0.1, 0.15) is 10.5 Å². The third-order valence-corrected chi connectivity index (χ3v) is 4.20. The van der Waals surface area contributed by atoms with Gasteiger partial charge in [-0.15, -0.1) is 11.3 Å². The molecule has 8 heteroatoms. The van der Waals surface area contributed by atoms with Crippen molar-refractivity contribution >= 4 is 34.5 Å². The van der Waals surface area contributed by atoms with E-state index in [4.69, 9.17) is 9.15 Å². The number of aromatic nitrogens is 1. The quantitative estimate of drug-likeness (QED) is 0.764. The molecule has 2 N–H and O–H groups in total. The molecule has 4 rings (SSSR count). The molecule has 2 aromatic heterocycles. The van der Waals surface area contributed by atoms with Crippen molar-refractivity contribution in [1.82, 2.24) is 4.98 Å². The molecule has 0 atom stereocenters. The van der Waals surface area contributed by atoms with Gasteiger partial charge in [0.15, 0.2) is 17.4 Å². The van der Waals surface area contributed by atoms with Gasteiger partial charge in [-0.25, -0.2) is 4.98 Å². The average molecular weight is 341 g/mol. The Balaban J connectivity index is 1.52. The fraction of sp³-hybridized carbons (Fsp3) is 0.0625. The average Bonchev–Trinajstić information content (AvgIpc) is 3.25. The zero-order valence-electron chi connectivity index (χ0n) is 12.2. The zero-order valence-corrected chi connectivity index (χ0v) is 13.1. The van der Waals surface area contributed by atoms with Crippen LogP contribution in [0.2, 0.25) is 0 Å². The minimum atomic E-state index is -0.341. The zero-order chi connectivity index (χ0) is 16.5. The van der Waals surface area contributed by atoms with Gasteiger partial charge in [0.1, 0.15) is 11.4 Å². The molecule has 0 saturated carbocycles. The van der Waals surface area contributed by atoms with Crippen LogP contribution in [-0.4, -0.2) is 23.4 Å². The Kier molecular flexibility index (Phi) is 3.51. The van der Waals surface area contributed by atoms with Gasteiger partial charge < -0.3 is 19.8 Å². The fourth-order valence-electron chi connectivity index (χ4n) is 2.25. The monoisotopic (exact) mass is 341 g/mol. The van der Waals surface area contributed by atoms with Crippen LogP contribution in [0.25, 0.3) is 10.8 Å². The number of hydrogen-bond donors (Lipinski definition) is 2. The second-order valence-corrected chi connectivity index (χ2v) is 5.88. The minimum absolute atomic E-state index is 0.00686. The van der Waals surface area contributed by atoms with Crippen molar-refractivity contribution in [2.45, 2.75) is 0 Å². The van der Waals surface area contributed by atoms with Crippen molar-refractivity contribution in [3.8, 4) is 16.5 Å². The van der Waals surface area contributed by atoms with Gasteiger partial charge in [-0.1, -0.05) is 0 Å². The highest BCUT2D eigenvalue weighted by atomic mass is 32.1. The number of rotatable bonds is 3. The molecule has 0 unspecified atom stereocenters. The number of furan rings is 1. The molecule has 1 aliphatic heterocycles. The van der Waals surface area contributed by atoms with Gasteiger partial charge in [-0.2, -0.15) is 0 Å². The Morgan fingerprint density at radius 3 is 3.08 bits per heavy atom. The van der Waals surface area contributed by atoms with E-state index in [1.807, 2.05) is 0 Å². The lowest BCUT2D eigenvalue weighted by Crippen LogP contribution is -2.25. The van der Waals surface area contributed by atoms with Crippen LogP contribution in [0.4, 0.5) is 11.4 Å². The molecule has 3 heterocycles. The number of carbonyl (C=O) groups is 2. The van der Waals surface area contributed by atoms with Gasteiger partial charge in [0, 0.05) is 11.1 Å². The normalized spacial score (nSPS) is 12.9. The van der Waals surface area contributed by atoms with Crippen molar-refractivity contribution in [2.24, 2.45) is 0 Å². The SMILES string of the molecule is O=C1COc2ccc(NC(=O)c3csc(-c4ccco4)n3)cc2N1. The maximum atomic E-state index is 12.3. The minimum Gasteiger partial charge on any atom is -0.482 e. The van der Waals surface area contributed by atoms with Gasteiger partial charge in [-0.05, 0) is 30.3 Å². The predicted molar refractivity (Wildman–Crippen MR) is 88.3 cm³/mol. The molecule has 0 spiro atoms. The molecule has 0 saturated heterocycles. The summed E-state index contributed by atoms with van der Waals surface area (Å²) in [5, 5.41) is 7.74. The summed E-state index contributed by atoms with van der Waals surface area (Å²) >= 11 is 1.33. The first kappa shape index (κ1) is 14.5. The van der Waals surface area contributed by atoms with E-state index in [9.17, 15) is 9.59 Å². The maximum absolute atomic E-state index is 12.3. The van der Waals surface area contributed by atoms with E-state index in [2.05, 4.69) is 15.6 Å². The summed E-state index contributed by atoms with van der Waals surface area (Å²) in [6.07, 6.45) is 1.56. The first-order chi connectivity index (χ1) is 11.7. The third kappa shape index (κ3) is 2.74. The number of hydrogen-bond acceptors (Lipinski definition) is 6. The van der Waals surface area contributed by atoms with Gasteiger partial charge in [-0.3, -0.25) is 9.59 Å². The number of fused-ring (bicyclic) bond motifs is 1. The second-order valence-electron chi connectivity index (χ2n) is 5.02. The van der Waals surface area contributed by atoms with Gasteiger partial charge >= 0.3 is 0 Å². The molecular formula is C16H11N3O4S. The molecule has 1 aliphatic rings. The van der Waals surface area contributed by atoms with Crippen molar-refractivity contribution in [3.05, 3.63) is 47.7 Å². The van der Waals surface area contributed by atoms with E-state index in [1.54, 1.807) is 42.0 Å². The van der Waals surface area contributed by atoms with Crippen molar-refractivity contribution < 1.29 is 18.7 Å². The summed E-state index contributed by atoms with van der Waals surface area (Å²) in [7, 11) is 0. The maximum Gasteiger partial charge on any atom is 0.275 e. The highest BCUT2D eigenvalue weighted by molar-refractivity contribution is 7.13. The van der Waals surface area contributed by atoms with Crippen LogP contribution in [0.5, 0.6) is 5.75 Å². The Bertz CT molecular complexity index is 917. The number of nitrogens with one attached hydrogen (secondary N) is 2.